The molecule has 8 heteroatoms. The van der Waals surface area contributed by atoms with Gasteiger partial charge in [-0.2, -0.15) is 5.10 Å². The Morgan fingerprint density at radius 2 is 2.00 bits per heavy atom. The molecule has 4 N–H and O–H groups in total. The van der Waals surface area contributed by atoms with Crippen LogP contribution >= 0.6 is 11.8 Å². The number of fused-ring (bicyclic) bond motifs is 2. The average molecular weight is 350 g/mol. The molecule has 4 aromatic rings. The minimum Gasteiger partial charge on any atom is -0.382 e. The zero-order chi connectivity index (χ0) is 17.2. The molecule has 0 aliphatic heterocycles. The predicted molar refractivity (Wildman–Crippen MR) is 99.4 cm³/mol. The summed E-state index contributed by atoms with van der Waals surface area (Å²) in [6.45, 7) is 0. The van der Waals surface area contributed by atoms with Gasteiger partial charge in [-0.25, -0.2) is 9.97 Å². The molecule has 0 aliphatic rings. The van der Waals surface area contributed by atoms with Gasteiger partial charge in [-0.1, -0.05) is 48.2 Å². The van der Waals surface area contributed by atoms with Crippen LogP contribution in [0.1, 0.15) is 0 Å². The summed E-state index contributed by atoms with van der Waals surface area (Å²) in [4.78, 5) is 20.8. The normalized spacial score (nSPS) is 11.0. The van der Waals surface area contributed by atoms with Crippen LogP contribution in [0.25, 0.3) is 21.8 Å². The third-order valence-electron chi connectivity index (χ3n) is 3.70. The number of nitrogens with one attached hydrogen (secondary N) is 2. The molecular formula is C17H14N6OS. The number of aromatic amines is 1. The number of carbonyl (C=O) groups excluding carboxylic acids is 1. The van der Waals surface area contributed by atoms with E-state index in [1.807, 2.05) is 42.5 Å². The lowest BCUT2D eigenvalue weighted by Gasteiger charge is -2.08. The summed E-state index contributed by atoms with van der Waals surface area (Å²) in [5.74, 6) is 0.377. The maximum atomic E-state index is 12.3. The van der Waals surface area contributed by atoms with Gasteiger partial charge in [0.1, 0.15) is 11.0 Å². The van der Waals surface area contributed by atoms with E-state index in [0.29, 0.717) is 22.0 Å². The van der Waals surface area contributed by atoms with Crippen LogP contribution in [0.5, 0.6) is 0 Å². The van der Waals surface area contributed by atoms with Crippen LogP contribution in [-0.2, 0) is 4.79 Å². The Kier molecular flexibility index (Phi) is 3.95. The number of nitrogens with zero attached hydrogens (tertiary/aromatic N) is 3. The summed E-state index contributed by atoms with van der Waals surface area (Å²) in [5.41, 5.74) is 7.87. The summed E-state index contributed by atoms with van der Waals surface area (Å²) in [7, 11) is 0. The van der Waals surface area contributed by atoms with Gasteiger partial charge in [-0.15, -0.1) is 0 Å². The molecule has 1 amide bonds. The molecule has 0 spiro atoms. The molecule has 0 saturated heterocycles. The van der Waals surface area contributed by atoms with E-state index in [1.54, 1.807) is 6.20 Å². The van der Waals surface area contributed by atoms with Crippen molar-refractivity contribution in [1.29, 1.82) is 0 Å². The highest BCUT2D eigenvalue weighted by molar-refractivity contribution is 7.99. The van der Waals surface area contributed by atoms with E-state index in [1.165, 1.54) is 11.8 Å². The minimum absolute atomic E-state index is 0.129. The van der Waals surface area contributed by atoms with Crippen LogP contribution in [0.4, 0.5) is 11.5 Å². The Balaban J connectivity index is 1.48. The second-order valence-electron chi connectivity index (χ2n) is 5.39. The number of amides is 1. The molecule has 7 nitrogen and oxygen atoms in total. The van der Waals surface area contributed by atoms with E-state index in [2.05, 4.69) is 25.5 Å². The third-order valence-corrected chi connectivity index (χ3v) is 4.55. The first kappa shape index (κ1) is 15.4. The molecule has 0 saturated carbocycles. The Bertz CT molecular complexity index is 1070. The number of carbonyl (C=O) groups is 1. The number of hydrogen-bond acceptors (Lipinski definition) is 6. The van der Waals surface area contributed by atoms with E-state index in [4.69, 9.17) is 5.73 Å². The number of nitrogens with two attached hydrogens (primary N) is 1. The molecule has 0 unspecified atom stereocenters. The Hall–Kier alpha value is -3.13. The van der Waals surface area contributed by atoms with Crippen LogP contribution in [-0.4, -0.2) is 31.8 Å². The molecule has 124 valence electrons. The highest BCUT2D eigenvalue weighted by Gasteiger charge is 2.11. The van der Waals surface area contributed by atoms with Crippen molar-refractivity contribution in [1.82, 2.24) is 20.2 Å². The molecule has 2 aromatic carbocycles. The number of benzene rings is 2. The lowest BCUT2D eigenvalue weighted by atomic mass is 10.1. The first-order valence-corrected chi connectivity index (χ1v) is 8.56. The van der Waals surface area contributed by atoms with E-state index >= 15 is 0 Å². The summed E-state index contributed by atoms with van der Waals surface area (Å²) in [6, 6.07) is 13.7. The van der Waals surface area contributed by atoms with Gasteiger partial charge in [-0.05, 0) is 11.5 Å². The van der Waals surface area contributed by atoms with Crippen molar-refractivity contribution in [3.05, 3.63) is 48.7 Å². The van der Waals surface area contributed by atoms with Crippen molar-refractivity contribution in [3.8, 4) is 0 Å². The van der Waals surface area contributed by atoms with Crippen LogP contribution in [0.2, 0.25) is 0 Å². The highest BCUT2D eigenvalue weighted by atomic mass is 32.2. The Morgan fingerprint density at radius 3 is 2.92 bits per heavy atom. The molecule has 0 aliphatic carbocycles. The number of H-pyrrole nitrogens is 1. The molecule has 0 bridgehead atoms. The van der Waals surface area contributed by atoms with E-state index in [9.17, 15) is 4.79 Å². The molecule has 4 rings (SSSR count). The van der Waals surface area contributed by atoms with Crippen molar-refractivity contribution in [2.75, 3.05) is 16.8 Å². The number of hydrogen-bond donors (Lipinski definition) is 3. The summed E-state index contributed by atoms with van der Waals surface area (Å²) in [5, 5.41) is 12.1. The van der Waals surface area contributed by atoms with Gasteiger partial charge >= 0.3 is 0 Å². The van der Waals surface area contributed by atoms with E-state index in [0.717, 1.165) is 16.5 Å². The first-order chi connectivity index (χ1) is 12.2. The quantitative estimate of drug-likeness (QED) is 0.386. The van der Waals surface area contributed by atoms with Crippen LogP contribution < -0.4 is 11.1 Å². The second-order valence-corrected chi connectivity index (χ2v) is 6.33. The number of nitrogen functional groups attached to an aromatic ring is 1. The largest absolute Gasteiger partial charge is 0.382 e. The smallest absolute Gasteiger partial charge is 0.234 e. The number of thioether (sulfide) groups is 1. The monoisotopic (exact) mass is 350 g/mol. The zero-order valence-electron chi connectivity index (χ0n) is 13.1. The second kappa shape index (κ2) is 6.40. The fraction of sp³-hybridized carbons (Fsp3) is 0.0588. The standard InChI is InChI=1S/C17H14N6OS/c18-16-15-13(8-19-23-15)21-17(22-16)25-9-14(24)20-12-7-3-5-10-4-1-2-6-11(10)12/h1-8H,9H2,(H,19,23)(H,20,24)(H2,18,21,22). The first-order valence-electron chi connectivity index (χ1n) is 7.58. The van der Waals surface area contributed by atoms with Gasteiger partial charge in [-0.3, -0.25) is 9.89 Å². The minimum atomic E-state index is -0.129. The summed E-state index contributed by atoms with van der Waals surface area (Å²) >= 11 is 1.23. The fourth-order valence-corrected chi connectivity index (χ4v) is 3.21. The van der Waals surface area contributed by atoms with Gasteiger partial charge in [0.15, 0.2) is 11.0 Å². The SMILES string of the molecule is Nc1nc(SCC(=O)Nc2cccc3ccccc23)nc2cn[nH]c12. The summed E-state index contributed by atoms with van der Waals surface area (Å²) in [6.07, 6.45) is 1.58. The van der Waals surface area contributed by atoms with Gasteiger partial charge in [0.25, 0.3) is 0 Å². The van der Waals surface area contributed by atoms with Crippen molar-refractivity contribution >= 4 is 51.0 Å². The summed E-state index contributed by atoms with van der Waals surface area (Å²) < 4.78 is 0. The van der Waals surface area contributed by atoms with Crippen molar-refractivity contribution in [3.63, 3.8) is 0 Å². The number of anilines is 2. The molecular weight excluding hydrogens is 336 g/mol. The Morgan fingerprint density at radius 1 is 1.16 bits per heavy atom. The van der Waals surface area contributed by atoms with Crippen molar-refractivity contribution in [2.24, 2.45) is 0 Å². The lowest BCUT2D eigenvalue weighted by molar-refractivity contribution is -0.113. The van der Waals surface area contributed by atoms with Gasteiger partial charge in [0.05, 0.1) is 11.9 Å². The van der Waals surface area contributed by atoms with Gasteiger partial charge in [0.2, 0.25) is 5.91 Å². The maximum Gasteiger partial charge on any atom is 0.234 e. The molecule has 2 heterocycles. The topological polar surface area (TPSA) is 110 Å². The van der Waals surface area contributed by atoms with Crippen molar-refractivity contribution in [2.45, 2.75) is 5.16 Å². The molecule has 25 heavy (non-hydrogen) atoms. The fourth-order valence-electron chi connectivity index (χ4n) is 2.56. The van der Waals surface area contributed by atoms with Crippen LogP contribution in [0, 0.1) is 0 Å². The Labute approximate surface area is 147 Å². The van der Waals surface area contributed by atoms with Crippen LogP contribution in [0.3, 0.4) is 0 Å². The molecule has 0 fully saturated rings. The zero-order valence-corrected chi connectivity index (χ0v) is 13.9. The molecule has 0 radical (unpaired) electrons. The molecule has 0 atom stereocenters. The maximum absolute atomic E-state index is 12.3. The van der Waals surface area contributed by atoms with Crippen LogP contribution in [0.15, 0.2) is 53.8 Å². The van der Waals surface area contributed by atoms with E-state index in [-0.39, 0.29) is 11.7 Å². The predicted octanol–water partition coefficient (Wildman–Crippen LogP) is 2.82. The van der Waals surface area contributed by atoms with Gasteiger partial charge in [0, 0.05) is 11.1 Å². The van der Waals surface area contributed by atoms with Crippen molar-refractivity contribution < 1.29 is 4.79 Å². The number of rotatable bonds is 4. The third kappa shape index (κ3) is 3.11. The molecule has 2 aromatic heterocycles. The number of aromatic nitrogens is 4. The van der Waals surface area contributed by atoms with Gasteiger partial charge < -0.3 is 11.1 Å². The van der Waals surface area contributed by atoms with E-state index < -0.39 is 0 Å². The average Bonchev–Trinajstić information content (AvgIpc) is 3.10. The lowest BCUT2D eigenvalue weighted by Crippen LogP contribution is -2.14. The highest BCUT2D eigenvalue weighted by Crippen LogP contribution is 2.24.